The zero-order valence-electron chi connectivity index (χ0n) is 11.4. The van der Waals surface area contributed by atoms with Crippen molar-refractivity contribution in [2.75, 3.05) is 20.2 Å². The molecule has 0 radical (unpaired) electrons. The van der Waals surface area contributed by atoms with Crippen LogP contribution in [0.3, 0.4) is 0 Å². The molecule has 2 atom stereocenters. The number of rotatable bonds is 6. The van der Waals surface area contributed by atoms with Gasteiger partial charge in [0.1, 0.15) is 0 Å². The summed E-state index contributed by atoms with van der Waals surface area (Å²) in [7, 11) is 1.85. The fourth-order valence-electron chi connectivity index (χ4n) is 2.40. The summed E-state index contributed by atoms with van der Waals surface area (Å²) in [4.78, 5) is 11.9. The Balaban J connectivity index is 2.04. The minimum Gasteiger partial charge on any atom is -0.376 e. The van der Waals surface area contributed by atoms with Gasteiger partial charge in [0.05, 0.1) is 12.1 Å². The van der Waals surface area contributed by atoms with E-state index in [0.29, 0.717) is 13.0 Å². The van der Waals surface area contributed by atoms with E-state index in [0.717, 1.165) is 25.0 Å². The first kappa shape index (κ1) is 14.0. The molecule has 19 heavy (non-hydrogen) atoms. The van der Waals surface area contributed by atoms with E-state index in [1.54, 1.807) is 0 Å². The van der Waals surface area contributed by atoms with Gasteiger partial charge in [-0.1, -0.05) is 30.3 Å². The Labute approximate surface area is 114 Å². The van der Waals surface area contributed by atoms with E-state index in [4.69, 9.17) is 4.74 Å². The standard InChI is InChI=1S/C15H22N2O2/c1-16-10-9-14(18)17-15(13-8-5-11-19-13)12-6-3-2-4-7-12/h2-4,6-7,13,15-16H,5,8-11H2,1H3,(H,17,18). The second-order valence-electron chi connectivity index (χ2n) is 4.86. The lowest BCUT2D eigenvalue weighted by atomic mass is 9.99. The number of amides is 1. The Morgan fingerprint density at radius 1 is 1.42 bits per heavy atom. The molecule has 104 valence electrons. The zero-order chi connectivity index (χ0) is 13.5. The smallest absolute Gasteiger partial charge is 0.221 e. The van der Waals surface area contributed by atoms with Crippen LogP contribution in [-0.4, -0.2) is 32.2 Å². The molecule has 2 N–H and O–H groups in total. The van der Waals surface area contributed by atoms with Crippen LogP contribution in [0.1, 0.15) is 30.9 Å². The van der Waals surface area contributed by atoms with Crippen LogP contribution in [-0.2, 0) is 9.53 Å². The summed E-state index contributed by atoms with van der Waals surface area (Å²) in [5.41, 5.74) is 1.12. The average molecular weight is 262 g/mol. The number of hydrogen-bond acceptors (Lipinski definition) is 3. The Bertz CT molecular complexity index is 388. The van der Waals surface area contributed by atoms with Gasteiger partial charge in [0.2, 0.25) is 5.91 Å². The number of hydrogen-bond donors (Lipinski definition) is 2. The van der Waals surface area contributed by atoms with Crippen LogP contribution in [0.25, 0.3) is 0 Å². The SMILES string of the molecule is CNCCC(=O)NC(c1ccccc1)C1CCCO1. The third-order valence-corrected chi connectivity index (χ3v) is 3.41. The molecule has 1 aliphatic rings. The third-order valence-electron chi connectivity index (χ3n) is 3.41. The molecule has 0 aliphatic carbocycles. The highest BCUT2D eigenvalue weighted by atomic mass is 16.5. The summed E-state index contributed by atoms with van der Waals surface area (Å²) >= 11 is 0. The van der Waals surface area contributed by atoms with Gasteiger partial charge in [0.25, 0.3) is 0 Å². The fraction of sp³-hybridized carbons (Fsp3) is 0.533. The second kappa shape index (κ2) is 7.26. The van der Waals surface area contributed by atoms with Gasteiger partial charge in [0.15, 0.2) is 0 Å². The highest BCUT2D eigenvalue weighted by Crippen LogP contribution is 2.26. The largest absolute Gasteiger partial charge is 0.376 e. The van der Waals surface area contributed by atoms with Gasteiger partial charge in [-0.05, 0) is 25.5 Å². The maximum Gasteiger partial charge on any atom is 0.221 e. The van der Waals surface area contributed by atoms with Crippen molar-refractivity contribution < 1.29 is 9.53 Å². The molecule has 1 aromatic carbocycles. The van der Waals surface area contributed by atoms with E-state index in [2.05, 4.69) is 10.6 Å². The van der Waals surface area contributed by atoms with Crippen LogP contribution < -0.4 is 10.6 Å². The molecule has 1 saturated heterocycles. The number of carbonyl (C=O) groups excluding carboxylic acids is 1. The third kappa shape index (κ3) is 4.04. The van der Waals surface area contributed by atoms with Crippen LogP contribution in [0.5, 0.6) is 0 Å². The van der Waals surface area contributed by atoms with Crippen LogP contribution in [0.4, 0.5) is 0 Å². The van der Waals surface area contributed by atoms with Crippen LogP contribution in [0, 0.1) is 0 Å². The van der Waals surface area contributed by atoms with Gasteiger partial charge in [0, 0.05) is 19.6 Å². The van der Waals surface area contributed by atoms with Crippen LogP contribution >= 0.6 is 0 Å². The Morgan fingerprint density at radius 3 is 2.84 bits per heavy atom. The maximum absolute atomic E-state index is 11.9. The molecule has 4 nitrogen and oxygen atoms in total. The quantitative estimate of drug-likeness (QED) is 0.819. The van der Waals surface area contributed by atoms with Crippen molar-refractivity contribution in [1.29, 1.82) is 0 Å². The molecule has 0 spiro atoms. The van der Waals surface area contributed by atoms with Gasteiger partial charge in [-0.2, -0.15) is 0 Å². The Hall–Kier alpha value is -1.39. The van der Waals surface area contributed by atoms with E-state index >= 15 is 0 Å². The molecule has 0 bridgehead atoms. The summed E-state index contributed by atoms with van der Waals surface area (Å²) < 4.78 is 5.74. The first-order valence-electron chi connectivity index (χ1n) is 6.92. The van der Waals surface area contributed by atoms with E-state index in [1.807, 2.05) is 37.4 Å². The summed E-state index contributed by atoms with van der Waals surface area (Å²) in [6, 6.07) is 10.0. The highest BCUT2D eigenvalue weighted by molar-refractivity contribution is 5.76. The highest BCUT2D eigenvalue weighted by Gasteiger charge is 2.28. The lowest BCUT2D eigenvalue weighted by Crippen LogP contribution is -2.37. The van der Waals surface area contributed by atoms with Crippen molar-refractivity contribution in [3.63, 3.8) is 0 Å². The second-order valence-corrected chi connectivity index (χ2v) is 4.86. The Kier molecular flexibility index (Phi) is 5.36. The van der Waals surface area contributed by atoms with E-state index in [9.17, 15) is 4.79 Å². The average Bonchev–Trinajstić information content (AvgIpc) is 2.97. The van der Waals surface area contributed by atoms with Gasteiger partial charge < -0.3 is 15.4 Å². The Morgan fingerprint density at radius 2 is 2.21 bits per heavy atom. The molecule has 1 aliphatic heterocycles. The normalized spacial score (nSPS) is 20.2. The predicted octanol–water partition coefficient (Wildman–Crippen LogP) is 1.63. The first-order chi connectivity index (χ1) is 9.31. The number of nitrogens with one attached hydrogen (secondary N) is 2. The molecule has 1 aromatic rings. The number of ether oxygens (including phenoxy) is 1. The zero-order valence-corrected chi connectivity index (χ0v) is 11.4. The number of benzene rings is 1. The summed E-state index contributed by atoms with van der Waals surface area (Å²) in [5, 5.41) is 6.10. The van der Waals surface area contributed by atoms with E-state index in [-0.39, 0.29) is 18.1 Å². The van der Waals surface area contributed by atoms with Gasteiger partial charge in [-0.25, -0.2) is 0 Å². The molecule has 0 saturated carbocycles. The first-order valence-corrected chi connectivity index (χ1v) is 6.92. The van der Waals surface area contributed by atoms with E-state index in [1.165, 1.54) is 0 Å². The summed E-state index contributed by atoms with van der Waals surface area (Å²) in [5.74, 6) is 0.0682. The van der Waals surface area contributed by atoms with Crippen molar-refractivity contribution >= 4 is 5.91 Å². The predicted molar refractivity (Wildman–Crippen MR) is 74.8 cm³/mol. The van der Waals surface area contributed by atoms with Crippen molar-refractivity contribution in [3.8, 4) is 0 Å². The molecule has 2 unspecified atom stereocenters. The van der Waals surface area contributed by atoms with Gasteiger partial charge >= 0.3 is 0 Å². The molecule has 0 aromatic heterocycles. The van der Waals surface area contributed by atoms with Gasteiger partial charge in [-0.15, -0.1) is 0 Å². The lowest BCUT2D eigenvalue weighted by Gasteiger charge is -2.24. The van der Waals surface area contributed by atoms with Crippen LogP contribution in [0.2, 0.25) is 0 Å². The topological polar surface area (TPSA) is 50.4 Å². The fourth-order valence-corrected chi connectivity index (χ4v) is 2.40. The van der Waals surface area contributed by atoms with Crippen molar-refractivity contribution in [3.05, 3.63) is 35.9 Å². The molecule has 1 heterocycles. The van der Waals surface area contributed by atoms with Crippen molar-refractivity contribution in [2.45, 2.75) is 31.4 Å². The van der Waals surface area contributed by atoms with Gasteiger partial charge in [-0.3, -0.25) is 4.79 Å². The van der Waals surface area contributed by atoms with Crippen molar-refractivity contribution in [1.82, 2.24) is 10.6 Å². The monoisotopic (exact) mass is 262 g/mol. The summed E-state index contributed by atoms with van der Waals surface area (Å²) in [6.07, 6.45) is 2.67. The molecule has 4 heteroatoms. The molecule has 1 fully saturated rings. The van der Waals surface area contributed by atoms with Crippen LogP contribution in [0.15, 0.2) is 30.3 Å². The molecular weight excluding hydrogens is 240 g/mol. The lowest BCUT2D eigenvalue weighted by molar-refractivity contribution is -0.122. The minimum absolute atomic E-state index is 0.0342. The molecular formula is C15H22N2O2. The number of carbonyl (C=O) groups is 1. The minimum atomic E-state index is -0.0342. The van der Waals surface area contributed by atoms with E-state index < -0.39 is 0 Å². The molecule has 1 amide bonds. The molecule has 2 rings (SSSR count). The maximum atomic E-state index is 11.9. The summed E-state index contributed by atoms with van der Waals surface area (Å²) in [6.45, 7) is 1.49. The van der Waals surface area contributed by atoms with Crippen molar-refractivity contribution in [2.24, 2.45) is 0 Å².